The summed E-state index contributed by atoms with van der Waals surface area (Å²) in [4.78, 5) is 58.8. The van der Waals surface area contributed by atoms with Crippen molar-refractivity contribution in [3.8, 4) is 0 Å². The minimum atomic E-state index is -2.09. The van der Waals surface area contributed by atoms with E-state index >= 15 is 0 Å². The van der Waals surface area contributed by atoms with Crippen molar-refractivity contribution in [3.63, 3.8) is 0 Å². The van der Waals surface area contributed by atoms with E-state index in [0.29, 0.717) is 11.3 Å². The number of ketones is 2. The maximum absolute atomic E-state index is 14.9. The van der Waals surface area contributed by atoms with Gasteiger partial charge in [-0.3, -0.25) is 14.4 Å². The van der Waals surface area contributed by atoms with Gasteiger partial charge in [-0.25, -0.2) is 4.79 Å². The molecule has 0 fully saturated rings. The molecule has 0 saturated heterocycles. The highest BCUT2D eigenvalue weighted by Crippen LogP contribution is 2.47. The van der Waals surface area contributed by atoms with Crippen LogP contribution < -0.4 is 10.2 Å². The molecule has 7 heteroatoms. The summed E-state index contributed by atoms with van der Waals surface area (Å²) >= 11 is 0. The number of nitrogens with one attached hydrogen (secondary N) is 1. The summed E-state index contributed by atoms with van der Waals surface area (Å²) in [5.74, 6) is -3.42. The van der Waals surface area contributed by atoms with Gasteiger partial charge in [0.1, 0.15) is 11.5 Å². The fourth-order valence-electron chi connectivity index (χ4n) is 5.39. The second kappa shape index (κ2) is 11.4. The topological polar surface area (TPSA) is 92.8 Å². The predicted octanol–water partition coefficient (Wildman–Crippen LogP) is 6.34. The molecule has 0 saturated carbocycles. The van der Waals surface area contributed by atoms with E-state index in [4.69, 9.17) is 4.74 Å². The van der Waals surface area contributed by atoms with Crippen molar-refractivity contribution >= 4 is 29.3 Å². The Balaban J connectivity index is 1.76. The van der Waals surface area contributed by atoms with E-state index in [1.165, 1.54) is 4.90 Å². The zero-order chi connectivity index (χ0) is 29.9. The van der Waals surface area contributed by atoms with Crippen LogP contribution in [0.15, 0.2) is 115 Å². The van der Waals surface area contributed by atoms with Crippen LogP contribution in [0.4, 0.5) is 10.5 Å². The van der Waals surface area contributed by atoms with Gasteiger partial charge < -0.3 is 15.0 Å². The molecule has 0 aliphatic carbocycles. The lowest BCUT2D eigenvalue weighted by Crippen LogP contribution is -2.61. The molecule has 42 heavy (non-hydrogen) atoms. The number of amides is 2. The number of carbonyl (C=O) groups excluding carboxylic acids is 4. The zero-order valence-electron chi connectivity index (χ0n) is 23.7. The molecule has 0 spiro atoms. The fourth-order valence-corrected chi connectivity index (χ4v) is 5.39. The lowest BCUT2D eigenvalue weighted by molar-refractivity contribution is -0.125. The Morgan fingerprint density at radius 3 is 1.74 bits per heavy atom. The van der Waals surface area contributed by atoms with Crippen LogP contribution in [-0.2, 0) is 21.6 Å². The molecule has 0 unspecified atom stereocenters. The first-order valence-electron chi connectivity index (χ1n) is 13.8. The van der Waals surface area contributed by atoms with Gasteiger partial charge >= 0.3 is 6.09 Å². The molecule has 1 aliphatic heterocycles. The van der Waals surface area contributed by atoms with Gasteiger partial charge in [0, 0.05) is 16.7 Å². The molecule has 4 aromatic carbocycles. The maximum Gasteiger partial charge on any atom is 0.408 e. The van der Waals surface area contributed by atoms with E-state index < -0.39 is 40.6 Å². The van der Waals surface area contributed by atoms with Crippen molar-refractivity contribution in [1.29, 1.82) is 0 Å². The van der Waals surface area contributed by atoms with Crippen molar-refractivity contribution in [2.75, 3.05) is 4.90 Å². The van der Waals surface area contributed by atoms with Gasteiger partial charge in [0.2, 0.25) is 0 Å². The summed E-state index contributed by atoms with van der Waals surface area (Å²) in [6.45, 7) is 5.27. The van der Waals surface area contributed by atoms with Crippen LogP contribution in [-0.4, -0.2) is 29.2 Å². The molecule has 1 aliphatic rings. The lowest BCUT2D eigenvalue weighted by atomic mass is 9.71. The van der Waals surface area contributed by atoms with E-state index in [9.17, 15) is 19.2 Å². The van der Waals surface area contributed by atoms with Gasteiger partial charge in [-0.1, -0.05) is 109 Å². The fraction of sp³-hybridized carbons (Fsp3) is 0.200. The lowest BCUT2D eigenvalue weighted by Gasteiger charge is -2.36. The molecule has 1 heterocycles. The van der Waals surface area contributed by atoms with Crippen LogP contribution in [0.25, 0.3) is 0 Å². The standard InChI is InChI=1S/C35H32N2O5/c1-34(2,3)42-33(41)36-35(27-21-13-14-22-28(27)37(32(35)40)23-24-15-7-4-8-16-24)29(30(38)25-17-9-5-10-18-25)31(39)26-19-11-6-12-20-26/h4-22,29H,23H2,1-3H3,(H,36,41)/t35-/m0/s1. The zero-order valence-corrected chi connectivity index (χ0v) is 23.7. The molecule has 0 aromatic heterocycles. The number of alkyl carbamates (subject to hydrolysis) is 1. The average molecular weight is 561 g/mol. The first kappa shape index (κ1) is 28.5. The average Bonchev–Trinajstić information content (AvgIpc) is 3.20. The number of rotatable bonds is 8. The Kier molecular flexibility index (Phi) is 7.77. The Morgan fingerprint density at radius 1 is 0.738 bits per heavy atom. The van der Waals surface area contributed by atoms with Gasteiger partial charge in [-0.05, 0) is 32.4 Å². The third kappa shape index (κ3) is 5.46. The third-order valence-corrected chi connectivity index (χ3v) is 7.16. The first-order valence-corrected chi connectivity index (χ1v) is 13.8. The Bertz CT molecular complexity index is 1560. The summed E-state index contributed by atoms with van der Waals surface area (Å²) in [5, 5.41) is 2.78. The van der Waals surface area contributed by atoms with E-state index in [0.717, 1.165) is 5.56 Å². The molecular weight excluding hydrogens is 528 g/mol. The number of anilines is 1. The highest BCUT2D eigenvalue weighted by atomic mass is 16.6. The van der Waals surface area contributed by atoms with Gasteiger partial charge in [-0.15, -0.1) is 0 Å². The molecule has 7 nitrogen and oxygen atoms in total. The summed E-state index contributed by atoms with van der Waals surface area (Å²) in [6.07, 6.45) is -0.918. The predicted molar refractivity (Wildman–Crippen MR) is 160 cm³/mol. The highest BCUT2D eigenvalue weighted by molar-refractivity contribution is 6.23. The summed E-state index contributed by atoms with van der Waals surface area (Å²) < 4.78 is 5.62. The minimum absolute atomic E-state index is 0.167. The molecule has 4 aromatic rings. The minimum Gasteiger partial charge on any atom is -0.444 e. The summed E-state index contributed by atoms with van der Waals surface area (Å²) in [5.41, 5.74) is -0.835. The van der Waals surface area contributed by atoms with Gasteiger partial charge in [-0.2, -0.15) is 0 Å². The summed E-state index contributed by atoms with van der Waals surface area (Å²) in [6, 6.07) is 33.0. The van der Waals surface area contributed by atoms with Crippen LogP contribution in [0.3, 0.4) is 0 Å². The van der Waals surface area contributed by atoms with Crippen LogP contribution in [0.1, 0.15) is 52.6 Å². The van der Waals surface area contributed by atoms with E-state index in [-0.39, 0.29) is 17.7 Å². The molecule has 0 radical (unpaired) electrons. The van der Waals surface area contributed by atoms with Crippen molar-refractivity contribution < 1.29 is 23.9 Å². The number of ether oxygens (including phenoxy) is 1. The SMILES string of the molecule is CC(C)(C)OC(=O)N[C@@]1(C(C(=O)c2ccccc2)C(=O)c2ccccc2)C(=O)N(Cc2ccccc2)c2ccccc21. The quantitative estimate of drug-likeness (QED) is 0.201. The van der Waals surface area contributed by atoms with E-state index in [1.54, 1.807) is 106 Å². The molecule has 5 rings (SSSR count). The van der Waals surface area contributed by atoms with Gasteiger partial charge in [0.25, 0.3) is 5.91 Å². The number of fused-ring (bicyclic) bond motifs is 1. The molecular formula is C35H32N2O5. The van der Waals surface area contributed by atoms with Crippen LogP contribution in [0.2, 0.25) is 0 Å². The molecule has 212 valence electrons. The van der Waals surface area contributed by atoms with Crippen LogP contribution in [0, 0.1) is 5.92 Å². The van der Waals surface area contributed by atoms with Crippen LogP contribution >= 0.6 is 0 Å². The van der Waals surface area contributed by atoms with Crippen molar-refractivity contribution in [1.82, 2.24) is 5.32 Å². The first-order chi connectivity index (χ1) is 20.1. The van der Waals surface area contributed by atoms with Gasteiger partial charge in [0.05, 0.1) is 12.2 Å². The number of Topliss-reactive ketones (excluding diaryl/α,β-unsaturated/α-hetero) is 2. The van der Waals surface area contributed by atoms with Crippen molar-refractivity contribution in [2.24, 2.45) is 5.92 Å². The second-order valence-corrected chi connectivity index (χ2v) is 11.2. The normalized spacial score (nSPS) is 16.2. The summed E-state index contributed by atoms with van der Waals surface area (Å²) in [7, 11) is 0. The number of hydrogen-bond donors (Lipinski definition) is 1. The Morgan fingerprint density at radius 2 is 1.21 bits per heavy atom. The smallest absolute Gasteiger partial charge is 0.408 e. The second-order valence-electron chi connectivity index (χ2n) is 11.2. The number of hydrogen-bond acceptors (Lipinski definition) is 5. The van der Waals surface area contributed by atoms with Gasteiger partial charge in [0.15, 0.2) is 17.1 Å². The highest BCUT2D eigenvalue weighted by Gasteiger charge is 2.61. The Hall–Kier alpha value is -5.04. The number of para-hydroxylation sites is 1. The van der Waals surface area contributed by atoms with Crippen molar-refractivity contribution in [3.05, 3.63) is 138 Å². The number of nitrogens with zero attached hydrogens (tertiary/aromatic N) is 1. The monoisotopic (exact) mass is 560 g/mol. The van der Waals surface area contributed by atoms with E-state index in [1.807, 2.05) is 30.3 Å². The Labute approximate surface area is 245 Å². The maximum atomic E-state index is 14.9. The molecule has 0 bridgehead atoms. The molecule has 1 N–H and O–H groups in total. The van der Waals surface area contributed by atoms with Crippen LogP contribution in [0.5, 0.6) is 0 Å². The van der Waals surface area contributed by atoms with E-state index in [2.05, 4.69) is 5.32 Å². The number of carbonyl (C=O) groups is 4. The molecule has 2 amide bonds. The molecule has 1 atom stereocenters. The third-order valence-electron chi connectivity index (χ3n) is 7.16. The largest absolute Gasteiger partial charge is 0.444 e. The van der Waals surface area contributed by atoms with Crippen molar-refractivity contribution in [2.45, 2.75) is 38.5 Å². The number of benzene rings is 4.